The first-order chi connectivity index (χ1) is 13.7. The standard InChI is InChI=1S/C24H30ClFN2O/c1-15-11-17(3)22(12-16(15)2)18(4)27-24(29)19-7-9-28(10-8-19)14-20-5-6-21(25)13-23(20)26/h5-6,11-13,18-19H,7-10,14H2,1-4H3,(H,27,29). The molecule has 1 unspecified atom stereocenters. The van der Waals surface area contributed by atoms with Gasteiger partial charge in [0.15, 0.2) is 0 Å². The minimum Gasteiger partial charge on any atom is -0.349 e. The number of carbonyl (C=O) groups excluding carboxylic acids is 1. The van der Waals surface area contributed by atoms with Crippen LogP contribution in [0.2, 0.25) is 5.02 Å². The maximum atomic E-state index is 14.0. The number of amides is 1. The molecule has 2 aromatic carbocycles. The summed E-state index contributed by atoms with van der Waals surface area (Å²) in [7, 11) is 0. The number of nitrogens with one attached hydrogen (secondary N) is 1. The highest BCUT2D eigenvalue weighted by molar-refractivity contribution is 6.30. The normalized spacial score (nSPS) is 16.6. The van der Waals surface area contributed by atoms with Gasteiger partial charge in [-0.1, -0.05) is 29.8 Å². The van der Waals surface area contributed by atoms with Gasteiger partial charge in [-0.2, -0.15) is 0 Å². The monoisotopic (exact) mass is 416 g/mol. The van der Waals surface area contributed by atoms with Gasteiger partial charge in [-0.3, -0.25) is 9.69 Å². The first-order valence-electron chi connectivity index (χ1n) is 10.3. The number of likely N-dealkylation sites (tertiary alicyclic amines) is 1. The van der Waals surface area contributed by atoms with E-state index < -0.39 is 0 Å². The number of rotatable bonds is 5. The Morgan fingerprint density at radius 3 is 2.45 bits per heavy atom. The van der Waals surface area contributed by atoms with Crippen LogP contribution in [0.15, 0.2) is 30.3 Å². The molecule has 2 aromatic rings. The SMILES string of the molecule is Cc1cc(C)c(C(C)NC(=O)C2CCN(Cc3ccc(Cl)cc3F)CC2)cc1C. The first kappa shape index (κ1) is 21.8. The van der Waals surface area contributed by atoms with Gasteiger partial charge in [-0.25, -0.2) is 4.39 Å². The van der Waals surface area contributed by atoms with Crippen LogP contribution in [0.1, 0.15) is 53.6 Å². The molecule has 3 nitrogen and oxygen atoms in total. The fraction of sp³-hybridized carbons (Fsp3) is 0.458. The first-order valence-corrected chi connectivity index (χ1v) is 10.7. The Morgan fingerprint density at radius 1 is 1.14 bits per heavy atom. The molecule has 1 aliphatic heterocycles. The molecule has 1 amide bonds. The van der Waals surface area contributed by atoms with E-state index in [-0.39, 0.29) is 23.7 Å². The number of hydrogen-bond donors (Lipinski definition) is 1. The fourth-order valence-corrected chi connectivity index (χ4v) is 4.26. The zero-order valence-corrected chi connectivity index (χ0v) is 18.4. The summed E-state index contributed by atoms with van der Waals surface area (Å²) >= 11 is 5.83. The highest BCUT2D eigenvalue weighted by atomic mass is 35.5. The van der Waals surface area contributed by atoms with Crippen LogP contribution < -0.4 is 5.32 Å². The number of benzene rings is 2. The van der Waals surface area contributed by atoms with Gasteiger partial charge in [0, 0.05) is 23.0 Å². The molecular formula is C24H30ClFN2O. The number of hydrogen-bond acceptors (Lipinski definition) is 2. The Bertz CT molecular complexity index is 891. The highest BCUT2D eigenvalue weighted by Gasteiger charge is 2.26. The van der Waals surface area contributed by atoms with Crippen LogP contribution in [-0.2, 0) is 11.3 Å². The maximum Gasteiger partial charge on any atom is 0.223 e. The van der Waals surface area contributed by atoms with Crippen molar-refractivity contribution in [1.82, 2.24) is 10.2 Å². The summed E-state index contributed by atoms with van der Waals surface area (Å²) < 4.78 is 14.0. The molecule has 0 saturated carbocycles. The fourth-order valence-electron chi connectivity index (χ4n) is 4.10. The van der Waals surface area contributed by atoms with E-state index >= 15 is 0 Å². The third kappa shape index (κ3) is 5.37. The van der Waals surface area contributed by atoms with Crippen LogP contribution in [0.4, 0.5) is 4.39 Å². The third-order valence-electron chi connectivity index (χ3n) is 6.08. The Kier molecular flexibility index (Phi) is 6.97. The molecule has 0 spiro atoms. The van der Waals surface area contributed by atoms with E-state index in [1.54, 1.807) is 12.1 Å². The molecule has 0 bridgehead atoms. The maximum absolute atomic E-state index is 14.0. The quantitative estimate of drug-likeness (QED) is 0.698. The van der Waals surface area contributed by atoms with Crippen molar-refractivity contribution in [1.29, 1.82) is 0 Å². The van der Waals surface area contributed by atoms with Gasteiger partial charge in [0.05, 0.1) is 6.04 Å². The minimum atomic E-state index is -0.269. The lowest BCUT2D eigenvalue weighted by Crippen LogP contribution is -2.41. The number of piperidine rings is 1. The lowest BCUT2D eigenvalue weighted by atomic mass is 9.93. The van der Waals surface area contributed by atoms with Crippen molar-refractivity contribution < 1.29 is 9.18 Å². The summed E-state index contributed by atoms with van der Waals surface area (Å²) in [5.74, 6) is -0.141. The number of halogens is 2. The summed E-state index contributed by atoms with van der Waals surface area (Å²) in [6.07, 6.45) is 1.58. The second-order valence-electron chi connectivity index (χ2n) is 8.31. The zero-order valence-electron chi connectivity index (χ0n) is 17.7. The molecule has 1 heterocycles. The lowest BCUT2D eigenvalue weighted by Gasteiger charge is -2.32. The predicted octanol–water partition coefficient (Wildman–Crippen LogP) is 5.49. The molecule has 3 rings (SSSR count). The number of nitrogens with zero attached hydrogens (tertiary/aromatic N) is 1. The Balaban J connectivity index is 1.54. The van der Waals surface area contributed by atoms with Crippen LogP contribution in [0.25, 0.3) is 0 Å². The minimum absolute atomic E-state index is 0.00983. The molecule has 5 heteroatoms. The van der Waals surface area contributed by atoms with Crippen molar-refractivity contribution in [2.24, 2.45) is 5.92 Å². The molecule has 156 valence electrons. The molecule has 1 fully saturated rings. The van der Waals surface area contributed by atoms with Gasteiger partial charge < -0.3 is 5.32 Å². The van der Waals surface area contributed by atoms with Gasteiger partial charge in [0.25, 0.3) is 0 Å². The van der Waals surface area contributed by atoms with Crippen LogP contribution in [0.5, 0.6) is 0 Å². The average molecular weight is 417 g/mol. The van der Waals surface area contributed by atoms with E-state index in [2.05, 4.69) is 43.1 Å². The number of aryl methyl sites for hydroxylation is 3. The van der Waals surface area contributed by atoms with Crippen LogP contribution in [0, 0.1) is 32.5 Å². The zero-order chi connectivity index (χ0) is 21.1. The van der Waals surface area contributed by atoms with Gasteiger partial charge in [-0.05, 0) is 88.0 Å². The van der Waals surface area contributed by atoms with E-state index in [4.69, 9.17) is 11.6 Å². The topological polar surface area (TPSA) is 32.3 Å². The van der Waals surface area contributed by atoms with E-state index in [1.165, 1.54) is 28.3 Å². The van der Waals surface area contributed by atoms with Crippen molar-refractivity contribution in [3.8, 4) is 0 Å². The highest BCUT2D eigenvalue weighted by Crippen LogP contribution is 2.25. The van der Waals surface area contributed by atoms with E-state index in [0.29, 0.717) is 17.1 Å². The van der Waals surface area contributed by atoms with Crippen molar-refractivity contribution in [3.05, 3.63) is 69.0 Å². The summed E-state index contributed by atoms with van der Waals surface area (Å²) in [5.41, 5.74) is 5.55. The van der Waals surface area contributed by atoms with E-state index in [0.717, 1.165) is 25.9 Å². The van der Waals surface area contributed by atoms with Gasteiger partial charge in [-0.15, -0.1) is 0 Å². The van der Waals surface area contributed by atoms with Gasteiger partial charge >= 0.3 is 0 Å². The molecule has 1 N–H and O–H groups in total. The van der Waals surface area contributed by atoms with Crippen LogP contribution >= 0.6 is 11.6 Å². The summed E-state index contributed by atoms with van der Waals surface area (Å²) in [5, 5.41) is 3.61. The number of carbonyl (C=O) groups is 1. The second kappa shape index (κ2) is 9.27. The van der Waals surface area contributed by atoms with E-state index in [1.807, 2.05) is 6.92 Å². The van der Waals surface area contributed by atoms with E-state index in [9.17, 15) is 9.18 Å². The molecule has 1 aliphatic rings. The lowest BCUT2D eigenvalue weighted by molar-refractivity contribution is -0.127. The predicted molar refractivity (Wildman–Crippen MR) is 117 cm³/mol. The second-order valence-corrected chi connectivity index (χ2v) is 8.75. The molecule has 0 aromatic heterocycles. The summed E-state index contributed by atoms with van der Waals surface area (Å²) in [6.45, 7) is 10.5. The summed E-state index contributed by atoms with van der Waals surface area (Å²) in [4.78, 5) is 15.0. The molecule has 0 radical (unpaired) electrons. The van der Waals surface area contributed by atoms with Crippen molar-refractivity contribution >= 4 is 17.5 Å². The molecule has 29 heavy (non-hydrogen) atoms. The smallest absolute Gasteiger partial charge is 0.223 e. The Labute approximate surface area is 178 Å². The molecule has 1 saturated heterocycles. The largest absolute Gasteiger partial charge is 0.349 e. The molecule has 0 aliphatic carbocycles. The molecule has 1 atom stereocenters. The van der Waals surface area contributed by atoms with Gasteiger partial charge in [0.1, 0.15) is 5.82 Å². The summed E-state index contributed by atoms with van der Waals surface area (Å²) in [6, 6.07) is 9.16. The van der Waals surface area contributed by atoms with Crippen molar-refractivity contribution in [2.45, 2.75) is 53.1 Å². The van der Waals surface area contributed by atoms with Gasteiger partial charge in [0.2, 0.25) is 5.91 Å². The third-order valence-corrected chi connectivity index (χ3v) is 6.31. The Morgan fingerprint density at radius 2 is 1.79 bits per heavy atom. The van der Waals surface area contributed by atoms with Crippen molar-refractivity contribution in [3.63, 3.8) is 0 Å². The Hall–Kier alpha value is -1.91. The molecular weight excluding hydrogens is 387 g/mol. The average Bonchev–Trinajstić information content (AvgIpc) is 2.67. The van der Waals surface area contributed by atoms with Crippen LogP contribution in [-0.4, -0.2) is 23.9 Å². The van der Waals surface area contributed by atoms with Crippen LogP contribution in [0.3, 0.4) is 0 Å². The van der Waals surface area contributed by atoms with Crippen molar-refractivity contribution in [2.75, 3.05) is 13.1 Å².